The second-order valence-corrected chi connectivity index (χ2v) is 12.3. The van der Waals surface area contributed by atoms with Crippen LogP contribution in [0.5, 0.6) is 17.4 Å². The van der Waals surface area contributed by atoms with Crippen LogP contribution in [0.15, 0.2) is 42.5 Å². The minimum Gasteiger partial charge on any atom is -0.497 e. The lowest BCUT2D eigenvalue weighted by molar-refractivity contribution is -0.0665. The molecule has 10 nitrogen and oxygen atoms in total. The summed E-state index contributed by atoms with van der Waals surface area (Å²) in [6.07, 6.45) is 5.46. The van der Waals surface area contributed by atoms with Crippen LogP contribution >= 0.6 is 0 Å². The van der Waals surface area contributed by atoms with Gasteiger partial charge in [0.1, 0.15) is 22.9 Å². The van der Waals surface area contributed by atoms with Crippen LogP contribution in [0.25, 0.3) is 17.2 Å². The Bertz CT molecular complexity index is 1810. The van der Waals surface area contributed by atoms with Gasteiger partial charge in [0.2, 0.25) is 5.95 Å². The number of fused-ring (bicyclic) bond motifs is 1. The lowest BCUT2D eigenvalue weighted by Crippen LogP contribution is -2.70. The molecule has 0 unspecified atom stereocenters. The molecule has 0 spiro atoms. The van der Waals surface area contributed by atoms with Gasteiger partial charge in [-0.25, -0.2) is 4.98 Å². The third-order valence-corrected chi connectivity index (χ3v) is 8.29. The number of rotatable bonds is 9. The topological polar surface area (TPSA) is 142 Å². The van der Waals surface area contributed by atoms with Crippen molar-refractivity contribution in [2.24, 2.45) is 5.41 Å². The first-order chi connectivity index (χ1) is 20.5. The number of hydrogen-bond donors (Lipinski definition) is 2. The normalized spacial score (nSPS) is 20.7. The van der Waals surface area contributed by atoms with Gasteiger partial charge in [-0.15, -0.1) is 0 Å². The zero-order valence-electron chi connectivity index (χ0n) is 24.9. The van der Waals surface area contributed by atoms with E-state index in [2.05, 4.69) is 11.4 Å². The van der Waals surface area contributed by atoms with Crippen molar-refractivity contribution in [3.63, 3.8) is 0 Å². The number of aliphatic hydroxyl groups is 1. The SMILES string of the molecule is COc1ccc(Cn2c(C(C)(C)O)nc3nc(NC45CC(C#N)(C4)C5)nc(Oc4c(C)cc(/C=C/C#N)cc4C)c32)cc1. The van der Waals surface area contributed by atoms with E-state index in [1.807, 2.05) is 60.9 Å². The average Bonchev–Trinajstić information content (AvgIpc) is 3.30. The summed E-state index contributed by atoms with van der Waals surface area (Å²) in [7, 11) is 1.63. The van der Waals surface area contributed by atoms with Crippen molar-refractivity contribution in [1.82, 2.24) is 19.5 Å². The van der Waals surface area contributed by atoms with E-state index in [4.69, 9.17) is 29.7 Å². The summed E-state index contributed by atoms with van der Waals surface area (Å²) < 4.78 is 13.8. The summed E-state index contributed by atoms with van der Waals surface area (Å²) in [5.41, 5.74) is 2.83. The monoisotopic (exact) mass is 575 g/mol. The minimum atomic E-state index is -1.29. The van der Waals surface area contributed by atoms with Crippen LogP contribution in [0.2, 0.25) is 0 Å². The third-order valence-electron chi connectivity index (χ3n) is 8.29. The lowest BCUT2D eigenvalue weighted by Gasteiger charge is -2.66. The van der Waals surface area contributed by atoms with E-state index in [1.54, 1.807) is 27.0 Å². The van der Waals surface area contributed by atoms with E-state index in [0.717, 1.165) is 47.3 Å². The number of imidazole rings is 1. The molecule has 2 aromatic carbocycles. The summed E-state index contributed by atoms with van der Waals surface area (Å²) in [6, 6.07) is 16.1. The predicted molar refractivity (Wildman–Crippen MR) is 162 cm³/mol. The number of allylic oxidation sites excluding steroid dienone is 1. The van der Waals surface area contributed by atoms with Crippen molar-refractivity contribution in [2.75, 3.05) is 12.4 Å². The van der Waals surface area contributed by atoms with Crippen LogP contribution in [0.3, 0.4) is 0 Å². The standard InChI is InChI=1S/C33H33N7O3/c1-20-13-23(7-6-12-34)14-21(2)26(20)43-28-25-27(37-30(38-28)39-33-16-32(17-33,18-33)19-35)36-29(31(3,4)41)40(25)15-22-8-10-24(42-5)11-9-22/h6-11,13-14,41H,15-18H2,1-5H3,(H,37,38,39)/b7-6+. The average molecular weight is 576 g/mol. The third kappa shape index (κ3) is 5.04. The van der Waals surface area contributed by atoms with Crippen molar-refractivity contribution in [2.45, 2.75) is 64.6 Å². The smallest absolute Gasteiger partial charge is 0.250 e. The number of methoxy groups -OCH3 is 1. The molecule has 218 valence electrons. The summed E-state index contributed by atoms with van der Waals surface area (Å²) in [5, 5.41) is 33.1. The first kappa shape index (κ1) is 28.2. The number of benzene rings is 2. The molecule has 3 fully saturated rings. The van der Waals surface area contributed by atoms with Crippen molar-refractivity contribution >= 4 is 23.2 Å². The van der Waals surface area contributed by atoms with Gasteiger partial charge in [0.05, 0.1) is 24.7 Å². The quantitative estimate of drug-likeness (QED) is 0.233. The molecule has 10 heteroatoms. The van der Waals surface area contributed by atoms with E-state index < -0.39 is 5.60 Å². The number of nitrogens with zero attached hydrogens (tertiary/aromatic N) is 6. The Balaban J connectivity index is 1.48. The predicted octanol–water partition coefficient (Wildman–Crippen LogP) is 5.91. The van der Waals surface area contributed by atoms with Gasteiger partial charge < -0.3 is 24.5 Å². The second kappa shape index (κ2) is 10.1. The van der Waals surface area contributed by atoms with E-state index in [9.17, 15) is 10.4 Å². The fourth-order valence-corrected chi connectivity index (χ4v) is 6.41. The maximum Gasteiger partial charge on any atom is 0.250 e. The number of nitrogens with one attached hydrogen (secondary N) is 1. The molecule has 3 aliphatic carbocycles. The van der Waals surface area contributed by atoms with Crippen LogP contribution in [-0.4, -0.2) is 37.3 Å². The van der Waals surface area contributed by atoms with Crippen molar-refractivity contribution in [3.05, 3.63) is 70.6 Å². The maximum absolute atomic E-state index is 11.2. The van der Waals surface area contributed by atoms with Gasteiger partial charge >= 0.3 is 0 Å². The fraction of sp³-hybridized carbons (Fsp3) is 0.364. The Labute approximate surface area is 250 Å². The lowest BCUT2D eigenvalue weighted by atomic mass is 9.40. The molecule has 0 radical (unpaired) electrons. The number of aryl methyl sites for hydroxylation is 2. The zero-order valence-corrected chi connectivity index (χ0v) is 24.9. The molecular weight excluding hydrogens is 542 g/mol. The minimum absolute atomic E-state index is 0.202. The molecule has 3 aliphatic rings. The molecule has 2 aromatic heterocycles. The first-order valence-electron chi connectivity index (χ1n) is 14.2. The Hall–Kier alpha value is -4.93. The zero-order chi connectivity index (χ0) is 30.6. The first-order valence-corrected chi connectivity index (χ1v) is 14.2. The van der Waals surface area contributed by atoms with Crippen molar-refractivity contribution < 1.29 is 14.6 Å². The number of anilines is 1. The molecule has 7 rings (SSSR count). The molecule has 2 N–H and O–H groups in total. The van der Waals surface area contributed by atoms with Gasteiger partial charge in [-0.2, -0.15) is 20.5 Å². The molecule has 0 aliphatic heterocycles. The van der Waals surface area contributed by atoms with Gasteiger partial charge in [-0.1, -0.05) is 12.1 Å². The number of aromatic nitrogens is 4. The van der Waals surface area contributed by atoms with E-state index in [1.165, 1.54) is 6.08 Å². The second-order valence-electron chi connectivity index (χ2n) is 12.3. The summed E-state index contributed by atoms with van der Waals surface area (Å²) in [5.74, 6) is 2.48. The van der Waals surface area contributed by atoms with E-state index >= 15 is 0 Å². The Kier molecular flexibility index (Phi) is 6.63. The van der Waals surface area contributed by atoms with Crippen molar-refractivity contribution in [3.8, 4) is 29.5 Å². The largest absolute Gasteiger partial charge is 0.497 e. The molecule has 2 bridgehead atoms. The van der Waals surface area contributed by atoms with Crippen LogP contribution < -0.4 is 14.8 Å². The number of nitriles is 2. The Morgan fingerprint density at radius 2 is 1.74 bits per heavy atom. The molecule has 3 saturated carbocycles. The van der Waals surface area contributed by atoms with Crippen LogP contribution in [0.1, 0.15) is 61.2 Å². The Morgan fingerprint density at radius 1 is 1.07 bits per heavy atom. The number of ether oxygens (including phenoxy) is 2. The summed E-state index contributed by atoms with van der Waals surface area (Å²) in [4.78, 5) is 14.5. The summed E-state index contributed by atoms with van der Waals surface area (Å²) >= 11 is 0. The highest BCUT2D eigenvalue weighted by molar-refractivity contribution is 5.80. The molecule has 0 saturated heterocycles. The van der Waals surface area contributed by atoms with Gasteiger partial charge in [-0.3, -0.25) is 0 Å². The molecule has 0 amide bonds. The number of hydrogen-bond acceptors (Lipinski definition) is 9. The highest BCUT2D eigenvalue weighted by atomic mass is 16.5. The molecule has 43 heavy (non-hydrogen) atoms. The van der Waals surface area contributed by atoms with Gasteiger partial charge in [0.15, 0.2) is 11.2 Å². The molecule has 4 aromatic rings. The maximum atomic E-state index is 11.2. The molecule has 2 heterocycles. The van der Waals surface area contributed by atoms with E-state index in [0.29, 0.717) is 41.1 Å². The highest BCUT2D eigenvalue weighted by Gasteiger charge is 2.69. The van der Waals surface area contributed by atoms with Crippen molar-refractivity contribution in [1.29, 1.82) is 10.5 Å². The van der Waals surface area contributed by atoms with Crippen LogP contribution in [-0.2, 0) is 12.1 Å². The Morgan fingerprint density at radius 3 is 2.33 bits per heavy atom. The van der Waals surface area contributed by atoms with Crippen LogP contribution in [0.4, 0.5) is 5.95 Å². The van der Waals surface area contributed by atoms with Crippen LogP contribution in [0, 0.1) is 41.9 Å². The summed E-state index contributed by atoms with van der Waals surface area (Å²) in [6.45, 7) is 7.66. The highest BCUT2D eigenvalue weighted by Crippen LogP contribution is 2.67. The van der Waals surface area contributed by atoms with Gasteiger partial charge in [0, 0.05) is 18.2 Å². The molecule has 0 atom stereocenters. The fourth-order valence-electron chi connectivity index (χ4n) is 6.41. The van der Waals surface area contributed by atoms with Gasteiger partial charge in [-0.05, 0) is 99.6 Å². The molecular formula is C33H33N7O3. The van der Waals surface area contributed by atoms with Gasteiger partial charge in [0.25, 0.3) is 5.88 Å². The van der Waals surface area contributed by atoms with E-state index in [-0.39, 0.29) is 11.0 Å².